The third kappa shape index (κ3) is 2.55. The quantitative estimate of drug-likeness (QED) is 0.696. The predicted molar refractivity (Wildman–Crippen MR) is 60.1 cm³/mol. The monoisotopic (exact) mass is 239 g/mol. The summed E-state index contributed by atoms with van der Waals surface area (Å²) in [7, 11) is -4.08. The number of hydrogen-bond donors (Lipinski definition) is 3. The second-order valence-corrected chi connectivity index (χ2v) is 4.88. The SMILES string of the molecule is O=P(O)(O)CNc1ncnc2ccccc12. The van der Waals surface area contributed by atoms with Crippen molar-refractivity contribution in [1.29, 1.82) is 0 Å². The van der Waals surface area contributed by atoms with E-state index in [1.807, 2.05) is 12.1 Å². The summed E-state index contributed by atoms with van der Waals surface area (Å²) in [5.41, 5.74) is 0.728. The van der Waals surface area contributed by atoms with Gasteiger partial charge in [0.2, 0.25) is 0 Å². The molecule has 0 saturated heterocycles. The number of aromatic nitrogens is 2. The highest BCUT2D eigenvalue weighted by molar-refractivity contribution is 7.51. The molecule has 0 spiro atoms. The van der Waals surface area contributed by atoms with Crippen LogP contribution in [0.4, 0.5) is 5.82 Å². The maximum Gasteiger partial charge on any atom is 0.344 e. The first kappa shape index (κ1) is 11.0. The molecule has 0 saturated carbocycles. The highest BCUT2D eigenvalue weighted by Gasteiger charge is 2.13. The van der Waals surface area contributed by atoms with Crippen LogP contribution < -0.4 is 5.32 Å². The van der Waals surface area contributed by atoms with Crippen LogP contribution >= 0.6 is 7.60 Å². The Hall–Kier alpha value is -1.49. The van der Waals surface area contributed by atoms with Gasteiger partial charge in [-0.2, -0.15) is 0 Å². The summed E-state index contributed by atoms with van der Waals surface area (Å²) in [4.78, 5) is 25.5. The lowest BCUT2D eigenvalue weighted by Crippen LogP contribution is -2.04. The van der Waals surface area contributed by atoms with Gasteiger partial charge in [-0.05, 0) is 12.1 Å². The molecule has 1 aromatic heterocycles. The molecule has 1 heterocycles. The van der Waals surface area contributed by atoms with Crippen molar-refractivity contribution < 1.29 is 14.4 Å². The van der Waals surface area contributed by atoms with E-state index in [0.717, 1.165) is 10.9 Å². The number of fused-ring (bicyclic) bond motifs is 1. The molecule has 0 fully saturated rings. The Morgan fingerprint density at radius 2 is 2.00 bits per heavy atom. The number of benzene rings is 1. The Balaban J connectivity index is 2.34. The Labute approximate surface area is 91.5 Å². The van der Waals surface area contributed by atoms with Crippen LogP contribution in [0.25, 0.3) is 10.9 Å². The molecule has 6 nitrogen and oxygen atoms in total. The van der Waals surface area contributed by atoms with Gasteiger partial charge in [-0.3, -0.25) is 4.57 Å². The zero-order valence-electron chi connectivity index (χ0n) is 8.24. The van der Waals surface area contributed by atoms with E-state index in [1.54, 1.807) is 12.1 Å². The Kier molecular flexibility index (Phi) is 2.87. The van der Waals surface area contributed by atoms with E-state index in [-0.39, 0.29) is 0 Å². The van der Waals surface area contributed by atoms with Crippen molar-refractivity contribution in [3.8, 4) is 0 Å². The van der Waals surface area contributed by atoms with Crippen LogP contribution in [0, 0.1) is 0 Å². The minimum atomic E-state index is -4.08. The summed E-state index contributed by atoms with van der Waals surface area (Å²) in [5, 5.41) is 3.35. The van der Waals surface area contributed by atoms with Gasteiger partial charge >= 0.3 is 7.60 Å². The second-order valence-electron chi connectivity index (χ2n) is 3.24. The van der Waals surface area contributed by atoms with E-state index in [2.05, 4.69) is 15.3 Å². The van der Waals surface area contributed by atoms with Crippen LogP contribution in [-0.4, -0.2) is 26.0 Å². The molecule has 0 atom stereocenters. The van der Waals surface area contributed by atoms with Crippen molar-refractivity contribution >= 4 is 24.3 Å². The van der Waals surface area contributed by atoms with E-state index in [9.17, 15) is 4.57 Å². The molecule has 16 heavy (non-hydrogen) atoms. The molecule has 1 aromatic carbocycles. The summed E-state index contributed by atoms with van der Waals surface area (Å²) in [6, 6.07) is 7.24. The minimum absolute atomic E-state index is 0.425. The van der Waals surface area contributed by atoms with Crippen molar-refractivity contribution in [1.82, 2.24) is 9.97 Å². The molecular weight excluding hydrogens is 229 g/mol. The fourth-order valence-electron chi connectivity index (χ4n) is 1.32. The van der Waals surface area contributed by atoms with Crippen LogP contribution in [0.2, 0.25) is 0 Å². The summed E-state index contributed by atoms with van der Waals surface area (Å²) < 4.78 is 10.7. The maximum atomic E-state index is 10.7. The maximum absolute atomic E-state index is 10.7. The van der Waals surface area contributed by atoms with Crippen LogP contribution in [0.3, 0.4) is 0 Å². The lowest BCUT2D eigenvalue weighted by molar-refractivity contribution is 0.375. The van der Waals surface area contributed by atoms with Gasteiger partial charge in [-0.1, -0.05) is 12.1 Å². The highest BCUT2D eigenvalue weighted by Crippen LogP contribution is 2.34. The lowest BCUT2D eigenvalue weighted by atomic mass is 10.2. The van der Waals surface area contributed by atoms with Crippen molar-refractivity contribution in [2.45, 2.75) is 0 Å². The highest BCUT2D eigenvalue weighted by atomic mass is 31.2. The average Bonchev–Trinajstić information content (AvgIpc) is 2.25. The molecule has 0 aliphatic heterocycles. The first-order chi connectivity index (χ1) is 7.56. The van der Waals surface area contributed by atoms with Gasteiger partial charge in [0, 0.05) is 5.39 Å². The number of anilines is 1. The van der Waals surface area contributed by atoms with Crippen LogP contribution in [-0.2, 0) is 4.57 Å². The predicted octanol–water partition coefficient (Wildman–Crippen LogP) is 1.18. The molecular formula is C9H10N3O3P. The van der Waals surface area contributed by atoms with E-state index < -0.39 is 13.9 Å². The van der Waals surface area contributed by atoms with Crippen LogP contribution in [0.15, 0.2) is 30.6 Å². The van der Waals surface area contributed by atoms with Gasteiger partial charge in [0.1, 0.15) is 18.4 Å². The molecule has 0 radical (unpaired) electrons. The number of nitrogens with one attached hydrogen (secondary N) is 1. The van der Waals surface area contributed by atoms with Gasteiger partial charge in [0.15, 0.2) is 0 Å². The summed E-state index contributed by atoms with van der Waals surface area (Å²) in [6.07, 6.45) is 0.915. The number of para-hydroxylation sites is 1. The van der Waals surface area contributed by atoms with E-state index >= 15 is 0 Å². The van der Waals surface area contributed by atoms with Crippen molar-refractivity contribution in [2.75, 3.05) is 11.6 Å². The standard InChI is InChI=1S/C9H10N3O3P/c13-16(14,15)6-12-9-7-3-1-2-4-8(7)10-5-11-9/h1-5H,6H2,(H,10,11,12)(H2,13,14,15). The molecule has 0 amide bonds. The third-order valence-corrected chi connectivity index (χ3v) is 2.57. The molecule has 0 bridgehead atoms. The zero-order valence-corrected chi connectivity index (χ0v) is 9.13. The molecule has 84 valence electrons. The van der Waals surface area contributed by atoms with Crippen LogP contribution in [0.5, 0.6) is 0 Å². The molecule has 7 heteroatoms. The molecule has 0 aliphatic carbocycles. The fraction of sp³-hybridized carbons (Fsp3) is 0.111. The van der Waals surface area contributed by atoms with Gasteiger partial charge in [-0.15, -0.1) is 0 Å². The summed E-state index contributed by atoms with van der Waals surface area (Å²) >= 11 is 0. The second kappa shape index (κ2) is 4.17. The Morgan fingerprint density at radius 3 is 2.75 bits per heavy atom. The molecule has 0 aliphatic rings. The number of rotatable bonds is 3. The van der Waals surface area contributed by atoms with Gasteiger partial charge in [0.05, 0.1) is 5.52 Å². The molecule has 3 N–H and O–H groups in total. The van der Waals surface area contributed by atoms with Gasteiger partial charge in [-0.25, -0.2) is 9.97 Å². The third-order valence-electron chi connectivity index (χ3n) is 2.00. The van der Waals surface area contributed by atoms with E-state index in [0.29, 0.717) is 5.82 Å². The molecule has 2 aromatic rings. The Bertz CT molecular complexity index is 549. The first-order valence-corrected chi connectivity index (χ1v) is 6.34. The molecule has 2 rings (SSSR count). The van der Waals surface area contributed by atoms with Crippen molar-refractivity contribution in [3.63, 3.8) is 0 Å². The topological polar surface area (TPSA) is 95.3 Å². The van der Waals surface area contributed by atoms with E-state index in [1.165, 1.54) is 6.33 Å². The van der Waals surface area contributed by atoms with Crippen LogP contribution in [0.1, 0.15) is 0 Å². The van der Waals surface area contributed by atoms with Crippen molar-refractivity contribution in [3.05, 3.63) is 30.6 Å². The van der Waals surface area contributed by atoms with E-state index in [4.69, 9.17) is 9.79 Å². The van der Waals surface area contributed by atoms with Gasteiger partial charge < -0.3 is 15.1 Å². The number of hydrogen-bond acceptors (Lipinski definition) is 4. The average molecular weight is 239 g/mol. The molecule has 0 unspecified atom stereocenters. The smallest absolute Gasteiger partial charge is 0.344 e. The fourth-order valence-corrected chi connectivity index (χ4v) is 1.68. The zero-order chi connectivity index (χ0) is 11.6. The van der Waals surface area contributed by atoms with Gasteiger partial charge in [0.25, 0.3) is 0 Å². The normalized spacial score (nSPS) is 11.6. The largest absolute Gasteiger partial charge is 0.358 e. The van der Waals surface area contributed by atoms with Crippen molar-refractivity contribution in [2.24, 2.45) is 0 Å². The lowest BCUT2D eigenvalue weighted by Gasteiger charge is -2.08. The number of nitrogens with zero attached hydrogens (tertiary/aromatic N) is 2. The summed E-state index contributed by atoms with van der Waals surface area (Å²) in [6.45, 7) is 0. The minimum Gasteiger partial charge on any atom is -0.358 e. The summed E-state index contributed by atoms with van der Waals surface area (Å²) in [5.74, 6) is 0.425. The Morgan fingerprint density at radius 1 is 1.25 bits per heavy atom. The first-order valence-electron chi connectivity index (χ1n) is 4.54.